The molecule has 1 aromatic rings. The van der Waals surface area contributed by atoms with Crippen LogP contribution >= 0.6 is 0 Å². The summed E-state index contributed by atoms with van der Waals surface area (Å²) in [5.41, 5.74) is 2.82. The molecule has 1 heterocycles. The van der Waals surface area contributed by atoms with Crippen LogP contribution in [0.3, 0.4) is 0 Å². The van der Waals surface area contributed by atoms with Crippen LogP contribution in [-0.2, 0) is 16.1 Å². The third kappa shape index (κ3) is 2.65. The third-order valence-corrected chi connectivity index (χ3v) is 3.77. The molecule has 4 heteroatoms. The molecule has 0 bridgehead atoms. The second kappa shape index (κ2) is 5.31. The molecule has 0 aromatic heterocycles. The topological polar surface area (TPSA) is 49.8 Å². The van der Waals surface area contributed by atoms with Crippen LogP contribution in [0.2, 0.25) is 0 Å². The first-order valence-electron chi connectivity index (χ1n) is 6.49. The van der Waals surface area contributed by atoms with Crippen LogP contribution < -0.4 is 0 Å². The average Bonchev–Trinajstić information content (AvgIpc) is 2.32. The molecule has 1 N–H and O–H groups in total. The minimum atomic E-state index is -0.715. The largest absolute Gasteiger partial charge is 0.395 e. The molecule has 0 atom stereocenters. The zero-order valence-corrected chi connectivity index (χ0v) is 11.8. The van der Waals surface area contributed by atoms with Crippen molar-refractivity contribution in [1.29, 1.82) is 0 Å². The molecule has 0 radical (unpaired) electrons. The van der Waals surface area contributed by atoms with E-state index in [2.05, 4.69) is 32.0 Å². The molecular weight excluding hydrogens is 242 g/mol. The van der Waals surface area contributed by atoms with E-state index in [4.69, 9.17) is 4.74 Å². The number of aliphatic hydroxyl groups is 1. The highest BCUT2D eigenvalue weighted by Gasteiger charge is 2.46. The fourth-order valence-corrected chi connectivity index (χ4v) is 2.39. The zero-order chi connectivity index (χ0) is 14.0. The molecule has 104 valence electrons. The van der Waals surface area contributed by atoms with E-state index in [-0.39, 0.29) is 12.5 Å². The van der Waals surface area contributed by atoms with E-state index in [1.54, 1.807) is 11.9 Å². The van der Waals surface area contributed by atoms with E-state index in [1.165, 1.54) is 11.1 Å². The molecule has 1 aliphatic rings. The average molecular weight is 263 g/mol. The molecule has 0 spiro atoms. The number of hydrogen-bond donors (Lipinski definition) is 1. The number of benzene rings is 1. The number of aliphatic hydroxyl groups excluding tert-OH is 1. The lowest BCUT2D eigenvalue weighted by Crippen LogP contribution is -2.56. The Bertz CT molecular complexity index is 475. The highest BCUT2D eigenvalue weighted by Crippen LogP contribution is 2.29. The molecule has 1 fully saturated rings. The van der Waals surface area contributed by atoms with Crippen molar-refractivity contribution in [3.63, 3.8) is 0 Å². The van der Waals surface area contributed by atoms with Gasteiger partial charge in [-0.2, -0.15) is 0 Å². The molecule has 1 amide bonds. The summed E-state index contributed by atoms with van der Waals surface area (Å²) in [5, 5.41) is 9.39. The lowest BCUT2D eigenvalue weighted by molar-refractivity contribution is -0.179. The number of aryl methyl sites for hydroxylation is 2. The zero-order valence-electron chi connectivity index (χ0n) is 11.8. The maximum absolute atomic E-state index is 12.3. The number of nitrogens with zero attached hydrogens (tertiary/aromatic N) is 1. The first-order valence-corrected chi connectivity index (χ1v) is 6.49. The minimum Gasteiger partial charge on any atom is -0.395 e. The second-order valence-corrected chi connectivity index (χ2v) is 5.52. The van der Waals surface area contributed by atoms with Crippen LogP contribution in [0, 0.1) is 19.3 Å². The van der Waals surface area contributed by atoms with Crippen LogP contribution in [-0.4, -0.2) is 42.8 Å². The van der Waals surface area contributed by atoms with Gasteiger partial charge in [-0.15, -0.1) is 0 Å². The Labute approximate surface area is 114 Å². The Balaban J connectivity index is 2.08. The lowest BCUT2D eigenvalue weighted by atomic mass is 9.85. The highest BCUT2D eigenvalue weighted by molar-refractivity contribution is 5.83. The molecule has 1 saturated heterocycles. The standard InChI is InChI=1S/C15H21NO3/c1-11-4-5-13(12(2)6-11)7-16(3)14(18)15(8-17)9-19-10-15/h4-6,17H,7-10H2,1-3H3. The highest BCUT2D eigenvalue weighted by atomic mass is 16.5. The quantitative estimate of drug-likeness (QED) is 0.890. The van der Waals surface area contributed by atoms with Crippen molar-refractivity contribution in [1.82, 2.24) is 4.90 Å². The van der Waals surface area contributed by atoms with Crippen molar-refractivity contribution in [2.75, 3.05) is 26.9 Å². The summed E-state index contributed by atoms with van der Waals surface area (Å²) in [7, 11) is 1.78. The van der Waals surface area contributed by atoms with Gasteiger partial charge in [-0.25, -0.2) is 0 Å². The summed E-state index contributed by atoms with van der Waals surface area (Å²) in [6.45, 7) is 5.15. The molecule has 0 aliphatic carbocycles. The van der Waals surface area contributed by atoms with Crippen molar-refractivity contribution in [3.05, 3.63) is 34.9 Å². The smallest absolute Gasteiger partial charge is 0.235 e. The van der Waals surface area contributed by atoms with Crippen molar-refractivity contribution in [3.8, 4) is 0 Å². The maximum atomic E-state index is 12.3. The summed E-state index contributed by atoms with van der Waals surface area (Å²) in [6.07, 6.45) is 0. The van der Waals surface area contributed by atoms with Crippen LogP contribution in [0.25, 0.3) is 0 Å². The number of carbonyl (C=O) groups is 1. The van der Waals surface area contributed by atoms with Gasteiger partial charge in [-0.3, -0.25) is 4.79 Å². The van der Waals surface area contributed by atoms with Gasteiger partial charge in [0, 0.05) is 13.6 Å². The van der Waals surface area contributed by atoms with E-state index in [0.29, 0.717) is 19.8 Å². The normalized spacial score (nSPS) is 16.8. The Morgan fingerprint density at radius 1 is 1.42 bits per heavy atom. The van der Waals surface area contributed by atoms with Crippen molar-refractivity contribution >= 4 is 5.91 Å². The minimum absolute atomic E-state index is 0.0405. The van der Waals surface area contributed by atoms with E-state index >= 15 is 0 Å². The number of hydrogen-bond acceptors (Lipinski definition) is 3. The van der Waals surface area contributed by atoms with Crippen LogP contribution in [0.1, 0.15) is 16.7 Å². The summed E-state index contributed by atoms with van der Waals surface area (Å²) in [5.74, 6) is -0.0405. The summed E-state index contributed by atoms with van der Waals surface area (Å²) < 4.78 is 5.08. The van der Waals surface area contributed by atoms with Gasteiger partial charge in [0.2, 0.25) is 5.91 Å². The number of carbonyl (C=O) groups excluding carboxylic acids is 1. The molecule has 1 aliphatic heterocycles. The van der Waals surface area contributed by atoms with Crippen LogP contribution in [0.5, 0.6) is 0 Å². The Morgan fingerprint density at radius 2 is 2.11 bits per heavy atom. The number of ether oxygens (including phenoxy) is 1. The van der Waals surface area contributed by atoms with Crippen molar-refractivity contribution in [2.45, 2.75) is 20.4 Å². The summed E-state index contributed by atoms with van der Waals surface area (Å²) in [6, 6.07) is 6.22. The van der Waals surface area contributed by atoms with Crippen molar-refractivity contribution in [2.24, 2.45) is 5.41 Å². The molecule has 1 aromatic carbocycles. The SMILES string of the molecule is Cc1ccc(CN(C)C(=O)C2(CO)COC2)c(C)c1. The molecule has 2 rings (SSSR count). The first-order chi connectivity index (χ1) is 8.98. The Kier molecular flexibility index (Phi) is 3.92. The number of rotatable bonds is 4. The van der Waals surface area contributed by atoms with Gasteiger partial charge in [0.25, 0.3) is 0 Å². The molecule has 19 heavy (non-hydrogen) atoms. The predicted molar refractivity (Wildman–Crippen MR) is 72.7 cm³/mol. The second-order valence-electron chi connectivity index (χ2n) is 5.52. The van der Waals surface area contributed by atoms with E-state index < -0.39 is 5.41 Å². The third-order valence-electron chi connectivity index (χ3n) is 3.77. The first kappa shape index (κ1) is 14.0. The lowest BCUT2D eigenvalue weighted by Gasteiger charge is -2.40. The van der Waals surface area contributed by atoms with Crippen LogP contribution in [0.15, 0.2) is 18.2 Å². The maximum Gasteiger partial charge on any atom is 0.235 e. The van der Waals surface area contributed by atoms with E-state index in [9.17, 15) is 9.90 Å². The molecule has 0 saturated carbocycles. The fraction of sp³-hybridized carbons (Fsp3) is 0.533. The summed E-state index contributed by atoms with van der Waals surface area (Å²) >= 11 is 0. The van der Waals surface area contributed by atoms with Gasteiger partial charge in [-0.05, 0) is 25.0 Å². The molecular formula is C15H21NO3. The van der Waals surface area contributed by atoms with E-state index in [1.807, 2.05) is 0 Å². The van der Waals surface area contributed by atoms with E-state index in [0.717, 1.165) is 5.56 Å². The monoisotopic (exact) mass is 263 g/mol. The van der Waals surface area contributed by atoms with Crippen molar-refractivity contribution < 1.29 is 14.6 Å². The Morgan fingerprint density at radius 3 is 2.58 bits per heavy atom. The molecule has 4 nitrogen and oxygen atoms in total. The summed E-state index contributed by atoms with van der Waals surface area (Å²) in [4.78, 5) is 14.0. The predicted octanol–water partition coefficient (Wildman–Crippen LogP) is 1.27. The molecule has 0 unspecified atom stereocenters. The Hall–Kier alpha value is -1.39. The van der Waals surface area contributed by atoms with Gasteiger partial charge >= 0.3 is 0 Å². The van der Waals surface area contributed by atoms with Gasteiger partial charge in [0.1, 0.15) is 5.41 Å². The number of amides is 1. The van der Waals surface area contributed by atoms with Gasteiger partial charge in [0.15, 0.2) is 0 Å². The van der Waals surface area contributed by atoms with Gasteiger partial charge in [0.05, 0.1) is 19.8 Å². The van der Waals surface area contributed by atoms with Crippen LogP contribution in [0.4, 0.5) is 0 Å². The van der Waals surface area contributed by atoms with Gasteiger partial charge in [-0.1, -0.05) is 23.8 Å². The fourth-order valence-electron chi connectivity index (χ4n) is 2.39. The van der Waals surface area contributed by atoms with Gasteiger partial charge < -0.3 is 14.7 Å².